The minimum Gasteiger partial charge on any atom is -0.362 e. The molecule has 10 heteroatoms. The molecular weight excluding hydrogens is 577 g/mol. The van der Waals surface area contributed by atoms with Crippen LogP contribution < -0.4 is 10.2 Å². The molecule has 1 saturated heterocycles. The van der Waals surface area contributed by atoms with Gasteiger partial charge in [-0.1, -0.05) is 42.5 Å². The minimum absolute atomic E-state index is 0.0328. The summed E-state index contributed by atoms with van der Waals surface area (Å²) in [5.74, 6) is 2.45. The lowest BCUT2D eigenvalue weighted by atomic mass is 10.0. The Morgan fingerprint density at radius 1 is 1.02 bits per heavy atom. The van der Waals surface area contributed by atoms with Gasteiger partial charge in [-0.3, -0.25) is 0 Å². The van der Waals surface area contributed by atoms with Gasteiger partial charge in [0, 0.05) is 40.7 Å². The molecule has 1 aliphatic rings. The zero-order chi connectivity index (χ0) is 30.1. The molecule has 1 unspecified atom stereocenters. The smallest absolute Gasteiger partial charge is 0.178 e. The van der Waals surface area contributed by atoms with Gasteiger partial charge >= 0.3 is 0 Å². The Hall–Kier alpha value is -3.86. The number of sulfone groups is 1. The SMILES string of the molecule is Cc1nc(NC(C)c2ccc(-c3ccccc3CN(C)C)s2)c2cc(N3CC(CS(=O)(=O)c4ccccc4)C3)ncc2n1. The Balaban J connectivity index is 1.19. The first-order valence-electron chi connectivity index (χ1n) is 14.4. The lowest BCUT2D eigenvalue weighted by Gasteiger charge is -2.40. The molecule has 8 nitrogen and oxygen atoms in total. The van der Waals surface area contributed by atoms with E-state index in [1.165, 1.54) is 20.9 Å². The van der Waals surface area contributed by atoms with Gasteiger partial charge in [-0.2, -0.15) is 0 Å². The monoisotopic (exact) mass is 612 g/mol. The largest absolute Gasteiger partial charge is 0.362 e. The number of nitrogens with zero attached hydrogens (tertiary/aromatic N) is 5. The summed E-state index contributed by atoms with van der Waals surface area (Å²) < 4.78 is 25.7. The fraction of sp³-hybridized carbons (Fsp3) is 0.303. The number of thiophene rings is 1. The van der Waals surface area contributed by atoms with Crippen LogP contribution in [0.4, 0.5) is 11.6 Å². The standard InChI is InChI=1S/C33H36N6O2S2/c1-22(30-14-15-31(42-30)27-13-9-8-10-25(27)20-38(3)4)35-33-28-16-32(34-17-29(28)36-23(2)37-33)39-18-24(19-39)21-43(40,41)26-11-6-5-7-12-26/h5-17,22,24H,18-21H2,1-4H3,(H,35,36,37). The van der Waals surface area contributed by atoms with Gasteiger partial charge in [0.1, 0.15) is 17.5 Å². The van der Waals surface area contributed by atoms with Crippen LogP contribution in [0.1, 0.15) is 29.2 Å². The van der Waals surface area contributed by atoms with Crippen LogP contribution in [0, 0.1) is 12.8 Å². The van der Waals surface area contributed by atoms with Gasteiger partial charge in [-0.25, -0.2) is 23.4 Å². The molecule has 1 fully saturated rings. The average Bonchev–Trinajstić information content (AvgIpc) is 3.46. The van der Waals surface area contributed by atoms with Crippen LogP contribution in [0.3, 0.4) is 0 Å². The maximum absolute atomic E-state index is 12.8. The van der Waals surface area contributed by atoms with Crippen molar-refractivity contribution in [2.75, 3.05) is 43.2 Å². The van der Waals surface area contributed by atoms with E-state index >= 15 is 0 Å². The van der Waals surface area contributed by atoms with Gasteiger partial charge in [0.05, 0.1) is 28.4 Å². The summed E-state index contributed by atoms with van der Waals surface area (Å²) in [6.45, 7) is 6.22. The molecule has 0 saturated carbocycles. The number of anilines is 2. The molecule has 6 rings (SSSR count). The summed E-state index contributed by atoms with van der Waals surface area (Å²) in [4.78, 5) is 21.2. The Bertz CT molecular complexity index is 1850. The molecule has 222 valence electrons. The maximum Gasteiger partial charge on any atom is 0.178 e. The molecule has 43 heavy (non-hydrogen) atoms. The van der Waals surface area contributed by atoms with Crippen molar-refractivity contribution in [1.82, 2.24) is 19.9 Å². The van der Waals surface area contributed by atoms with E-state index < -0.39 is 9.84 Å². The summed E-state index contributed by atoms with van der Waals surface area (Å²) in [5, 5.41) is 4.54. The number of benzene rings is 2. The molecule has 4 heterocycles. The number of nitrogens with one attached hydrogen (secondary N) is 1. The summed E-state index contributed by atoms with van der Waals surface area (Å²) >= 11 is 1.79. The highest BCUT2D eigenvalue weighted by molar-refractivity contribution is 7.91. The van der Waals surface area contributed by atoms with Crippen molar-refractivity contribution in [2.45, 2.75) is 31.3 Å². The van der Waals surface area contributed by atoms with E-state index in [0.29, 0.717) is 23.8 Å². The molecule has 1 atom stereocenters. The summed E-state index contributed by atoms with van der Waals surface area (Å²) in [6, 6.07) is 23.7. The van der Waals surface area contributed by atoms with Crippen molar-refractivity contribution in [3.63, 3.8) is 0 Å². The topological polar surface area (TPSA) is 91.3 Å². The zero-order valence-corrected chi connectivity index (χ0v) is 26.5. The zero-order valence-electron chi connectivity index (χ0n) is 24.9. The van der Waals surface area contributed by atoms with Gasteiger partial charge in [0.25, 0.3) is 0 Å². The molecule has 5 aromatic rings. The van der Waals surface area contributed by atoms with E-state index in [0.717, 1.165) is 29.1 Å². The first-order valence-corrected chi connectivity index (χ1v) is 16.9. The third-order valence-electron chi connectivity index (χ3n) is 7.69. The number of pyridine rings is 1. The molecule has 0 aliphatic carbocycles. The van der Waals surface area contributed by atoms with Crippen molar-refractivity contribution in [1.29, 1.82) is 0 Å². The molecule has 0 radical (unpaired) electrons. The second-order valence-corrected chi connectivity index (χ2v) is 14.7. The predicted octanol–water partition coefficient (Wildman–Crippen LogP) is 6.21. The fourth-order valence-electron chi connectivity index (χ4n) is 5.56. The van der Waals surface area contributed by atoms with Crippen LogP contribution in [0.25, 0.3) is 21.3 Å². The normalized spacial score (nSPS) is 14.7. The second-order valence-electron chi connectivity index (χ2n) is 11.5. The Morgan fingerprint density at radius 3 is 2.53 bits per heavy atom. The van der Waals surface area contributed by atoms with Crippen LogP contribution in [0.2, 0.25) is 0 Å². The van der Waals surface area contributed by atoms with Gasteiger partial charge in [0.2, 0.25) is 0 Å². The van der Waals surface area contributed by atoms with Crippen molar-refractivity contribution in [3.05, 3.63) is 95.3 Å². The molecule has 0 amide bonds. The second kappa shape index (κ2) is 12.0. The van der Waals surface area contributed by atoms with E-state index in [1.807, 2.05) is 19.1 Å². The Morgan fingerprint density at radius 2 is 1.77 bits per heavy atom. The van der Waals surface area contributed by atoms with Crippen LogP contribution in [0.15, 0.2) is 83.9 Å². The van der Waals surface area contributed by atoms with E-state index in [-0.39, 0.29) is 17.7 Å². The van der Waals surface area contributed by atoms with Gasteiger partial charge in [0.15, 0.2) is 9.84 Å². The highest BCUT2D eigenvalue weighted by Crippen LogP contribution is 2.36. The van der Waals surface area contributed by atoms with Crippen LogP contribution in [-0.4, -0.2) is 61.2 Å². The lowest BCUT2D eigenvalue weighted by Crippen LogP contribution is -2.50. The van der Waals surface area contributed by atoms with Crippen molar-refractivity contribution in [2.24, 2.45) is 5.92 Å². The van der Waals surface area contributed by atoms with E-state index in [2.05, 4.69) is 82.5 Å². The van der Waals surface area contributed by atoms with Crippen molar-refractivity contribution >= 4 is 43.7 Å². The van der Waals surface area contributed by atoms with Gasteiger partial charge in [-0.05, 0) is 69.4 Å². The third kappa shape index (κ3) is 6.41. The molecule has 2 aromatic carbocycles. The van der Waals surface area contributed by atoms with Gasteiger partial charge < -0.3 is 15.1 Å². The average molecular weight is 613 g/mol. The molecule has 1 aliphatic heterocycles. The molecule has 3 aromatic heterocycles. The maximum atomic E-state index is 12.8. The van der Waals surface area contributed by atoms with Crippen LogP contribution in [0.5, 0.6) is 0 Å². The first kappa shape index (κ1) is 29.2. The number of hydrogen-bond acceptors (Lipinski definition) is 9. The first-order chi connectivity index (χ1) is 20.7. The third-order valence-corrected chi connectivity index (χ3v) is 10.9. The van der Waals surface area contributed by atoms with Crippen LogP contribution >= 0.6 is 11.3 Å². The highest BCUT2D eigenvalue weighted by atomic mass is 32.2. The van der Waals surface area contributed by atoms with Crippen molar-refractivity contribution < 1.29 is 8.42 Å². The van der Waals surface area contributed by atoms with E-state index in [9.17, 15) is 8.42 Å². The van der Waals surface area contributed by atoms with E-state index in [4.69, 9.17) is 4.98 Å². The fourth-order valence-corrected chi connectivity index (χ4v) is 8.23. The number of rotatable bonds is 10. The van der Waals surface area contributed by atoms with Crippen LogP contribution in [-0.2, 0) is 16.4 Å². The number of fused-ring (bicyclic) bond motifs is 1. The Kier molecular flexibility index (Phi) is 8.17. The Labute approximate surface area is 257 Å². The quantitative estimate of drug-likeness (QED) is 0.199. The van der Waals surface area contributed by atoms with Crippen molar-refractivity contribution in [3.8, 4) is 10.4 Å². The number of hydrogen-bond donors (Lipinski definition) is 1. The summed E-state index contributed by atoms with van der Waals surface area (Å²) in [5.41, 5.74) is 3.35. The molecule has 0 spiro atoms. The summed E-state index contributed by atoms with van der Waals surface area (Å²) in [7, 11) is 0.869. The highest BCUT2D eigenvalue weighted by Gasteiger charge is 2.32. The number of aromatic nitrogens is 3. The molecule has 0 bridgehead atoms. The minimum atomic E-state index is -3.31. The summed E-state index contributed by atoms with van der Waals surface area (Å²) in [6.07, 6.45) is 1.79. The van der Waals surface area contributed by atoms with E-state index in [1.54, 1.807) is 41.8 Å². The molecule has 1 N–H and O–H groups in total. The predicted molar refractivity (Wildman–Crippen MR) is 175 cm³/mol. The molecular formula is C33H36N6O2S2. The lowest BCUT2D eigenvalue weighted by molar-refractivity contribution is 0.403. The van der Waals surface area contributed by atoms with Gasteiger partial charge in [-0.15, -0.1) is 11.3 Å². The number of aryl methyl sites for hydroxylation is 1.